The van der Waals surface area contributed by atoms with Crippen LogP contribution in [0.2, 0.25) is 0 Å². The van der Waals surface area contributed by atoms with Crippen molar-refractivity contribution in [3.05, 3.63) is 24.5 Å². The summed E-state index contributed by atoms with van der Waals surface area (Å²) < 4.78 is 1.92. The van der Waals surface area contributed by atoms with Crippen LogP contribution in [0, 0.1) is 0 Å². The Morgan fingerprint density at radius 3 is 3.00 bits per heavy atom. The van der Waals surface area contributed by atoms with Gasteiger partial charge < -0.3 is 5.73 Å². The number of rotatable bonds is 5. The highest BCUT2D eigenvalue weighted by molar-refractivity contribution is 7.99. The van der Waals surface area contributed by atoms with Crippen molar-refractivity contribution in [1.29, 1.82) is 0 Å². The lowest BCUT2D eigenvalue weighted by Gasteiger charge is -2.05. The molecule has 0 radical (unpaired) electrons. The maximum atomic E-state index is 5.46. The predicted octanol–water partition coefficient (Wildman–Crippen LogP) is 1.41. The Morgan fingerprint density at radius 2 is 2.24 bits per heavy atom. The van der Waals surface area contributed by atoms with Crippen LogP contribution in [-0.4, -0.2) is 32.0 Å². The molecular formula is C11H15N5S. The Kier molecular flexibility index (Phi) is 4.11. The van der Waals surface area contributed by atoms with Crippen LogP contribution in [0.3, 0.4) is 0 Å². The summed E-state index contributed by atoms with van der Waals surface area (Å²) in [5, 5.41) is 4.99. The van der Waals surface area contributed by atoms with Crippen molar-refractivity contribution in [3.8, 4) is 11.4 Å². The van der Waals surface area contributed by atoms with E-state index in [1.807, 2.05) is 16.8 Å². The molecule has 5 nitrogen and oxygen atoms in total. The normalized spacial score (nSPS) is 10.7. The van der Waals surface area contributed by atoms with Gasteiger partial charge in [-0.3, -0.25) is 4.68 Å². The topological polar surface area (TPSA) is 69.6 Å². The molecule has 2 heterocycles. The summed E-state index contributed by atoms with van der Waals surface area (Å²) in [6.45, 7) is 3.52. The summed E-state index contributed by atoms with van der Waals surface area (Å²) in [6, 6.07) is 3.86. The number of thioether (sulfide) groups is 1. The first-order valence-electron chi connectivity index (χ1n) is 5.53. The van der Waals surface area contributed by atoms with Crippen molar-refractivity contribution < 1.29 is 0 Å². The lowest BCUT2D eigenvalue weighted by molar-refractivity contribution is 0.664. The molecule has 0 amide bonds. The predicted molar refractivity (Wildman–Crippen MR) is 68.7 cm³/mol. The fraction of sp³-hybridized carbons (Fsp3) is 0.364. The summed E-state index contributed by atoms with van der Waals surface area (Å²) >= 11 is 1.57. The van der Waals surface area contributed by atoms with Crippen LogP contribution in [-0.2, 0) is 6.54 Å². The van der Waals surface area contributed by atoms with E-state index in [2.05, 4.69) is 22.0 Å². The van der Waals surface area contributed by atoms with E-state index in [4.69, 9.17) is 5.73 Å². The van der Waals surface area contributed by atoms with Gasteiger partial charge >= 0.3 is 0 Å². The summed E-state index contributed by atoms with van der Waals surface area (Å²) in [6.07, 6.45) is 3.56. The van der Waals surface area contributed by atoms with Crippen molar-refractivity contribution in [2.45, 2.75) is 18.6 Å². The Bertz CT molecular complexity index is 482. The second-order valence-corrected chi connectivity index (χ2v) is 4.46. The van der Waals surface area contributed by atoms with Gasteiger partial charge in [-0.25, -0.2) is 9.97 Å². The van der Waals surface area contributed by atoms with Crippen molar-refractivity contribution in [2.24, 2.45) is 5.73 Å². The zero-order chi connectivity index (χ0) is 12.1. The highest BCUT2D eigenvalue weighted by Crippen LogP contribution is 2.19. The number of nitrogens with two attached hydrogens (primary N) is 1. The Hall–Kier alpha value is -1.40. The van der Waals surface area contributed by atoms with Crippen LogP contribution in [0.5, 0.6) is 0 Å². The molecule has 0 aliphatic heterocycles. The van der Waals surface area contributed by atoms with Crippen LogP contribution in [0.25, 0.3) is 11.4 Å². The van der Waals surface area contributed by atoms with Crippen LogP contribution < -0.4 is 5.73 Å². The minimum absolute atomic E-state index is 0.630. The molecule has 90 valence electrons. The minimum atomic E-state index is 0.630. The molecule has 0 aromatic carbocycles. The van der Waals surface area contributed by atoms with Crippen molar-refractivity contribution >= 4 is 11.8 Å². The van der Waals surface area contributed by atoms with Gasteiger partial charge in [0, 0.05) is 31.2 Å². The van der Waals surface area contributed by atoms with Gasteiger partial charge in [0.25, 0.3) is 0 Å². The summed E-state index contributed by atoms with van der Waals surface area (Å²) in [7, 11) is 0. The van der Waals surface area contributed by atoms with E-state index in [1.54, 1.807) is 24.2 Å². The number of nitrogens with zero attached hydrogens (tertiary/aromatic N) is 4. The van der Waals surface area contributed by atoms with Gasteiger partial charge in [-0.15, -0.1) is 0 Å². The van der Waals surface area contributed by atoms with Crippen LogP contribution >= 0.6 is 11.8 Å². The van der Waals surface area contributed by atoms with Gasteiger partial charge in [0.05, 0.1) is 11.4 Å². The second kappa shape index (κ2) is 5.79. The average molecular weight is 249 g/mol. The van der Waals surface area contributed by atoms with Gasteiger partial charge in [0.2, 0.25) is 0 Å². The summed E-state index contributed by atoms with van der Waals surface area (Å²) in [4.78, 5) is 8.71. The molecule has 0 fully saturated rings. The standard InChI is InChI=1S/C11H15N5S/c1-2-16-10(4-7-14-16)9-3-6-13-11(15-9)17-8-5-12/h3-4,6-7H,2,5,8,12H2,1H3. The molecule has 0 unspecified atom stereocenters. The SMILES string of the molecule is CCn1nccc1-c1ccnc(SCCN)n1. The van der Waals surface area contributed by atoms with Gasteiger partial charge in [-0.2, -0.15) is 5.10 Å². The molecule has 2 rings (SSSR count). The third-order valence-electron chi connectivity index (χ3n) is 2.26. The quantitative estimate of drug-likeness (QED) is 0.641. The van der Waals surface area contributed by atoms with E-state index >= 15 is 0 Å². The maximum Gasteiger partial charge on any atom is 0.188 e. The lowest BCUT2D eigenvalue weighted by atomic mass is 10.3. The first-order chi connectivity index (χ1) is 8.35. The van der Waals surface area contributed by atoms with Crippen LogP contribution in [0.15, 0.2) is 29.7 Å². The smallest absolute Gasteiger partial charge is 0.188 e. The summed E-state index contributed by atoms with van der Waals surface area (Å²) in [5.41, 5.74) is 7.38. The van der Waals surface area contributed by atoms with Gasteiger partial charge in [0.15, 0.2) is 5.16 Å². The maximum absolute atomic E-state index is 5.46. The minimum Gasteiger partial charge on any atom is -0.330 e. The number of aromatic nitrogens is 4. The van der Waals surface area contributed by atoms with E-state index in [1.165, 1.54) is 0 Å². The van der Waals surface area contributed by atoms with Crippen molar-refractivity contribution in [2.75, 3.05) is 12.3 Å². The fourth-order valence-electron chi connectivity index (χ4n) is 1.51. The number of hydrogen-bond acceptors (Lipinski definition) is 5. The summed E-state index contributed by atoms with van der Waals surface area (Å²) in [5.74, 6) is 0.830. The largest absolute Gasteiger partial charge is 0.330 e. The van der Waals surface area contributed by atoms with Gasteiger partial charge in [0.1, 0.15) is 0 Å². The van der Waals surface area contributed by atoms with E-state index in [0.29, 0.717) is 6.54 Å². The van der Waals surface area contributed by atoms with Gasteiger partial charge in [-0.05, 0) is 19.1 Å². The Balaban J connectivity index is 2.26. The molecular weight excluding hydrogens is 234 g/mol. The second-order valence-electron chi connectivity index (χ2n) is 3.39. The van der Waals surface area contributed by atoms with Crippen LogP contribution in [0.1, 0.15) is 6.92 Å². The highest BCUT2D eigenvalue weighted by Gasteiger charge is 2.07. The first kappa shape index (κ1) is 12.1. The Labute approximate surface area is 104 Å². The molecule has 2 N–H and O–H groups in total. The molecule has 0 saturated heterocycles. The molecule has 2 aromatic rings. The molecule has 0 aliphatic rings. The molecule has 17 heavy (non-hydrogen) atoms. The first-order valence-corrected chi connectivity index (χ1v) is 6.51. The average Bonchev–Trinajstić information content (AvgIpc) is 2.85. The third kappa shape index (κ3) is 2.83. The number of aryl methyl sites for hydroxylation is 1. The lowest BCUT2D eigenvalue weighted by Crippen LogP contribution is -2.03. The zero-order valence-corrected chi connectivity index (χ0v) is 10.5. The molecule has 0 aliphatic carbocycles. The molecule has 0 atom stereocenters. The van der Waals surface area contributed by atoms with E-state index in [9.17, 15) is 0 Å². The molecule has 6 heteroatoms. The number of hydrogen-bond donors (Lipinski definition) is 1. The molecule has 0 spiro atoms. The monoisotopic (exact) mass is 249 g/mol. The van der Waals surface area contributed by atoms with Crippen molar-refractivity contribution in [3.63, 3.8) is 0 Å². The van der Waals surface area contributed by atoms with Crippen molar-refractivity contribution in [1.82, 2.24) is 19.7 Å². The van der Waals surface area contributed by atoms with Gasteiger partial charge in [-0.1, -0.05) is 11.8 Å². The van der Waals surface area contributed by atoms with E-state index in [0.717, 1.165) is 28.8 Å². The Morgan fingerprint density at radius 1 is 1.35 bits per heavy atom. The molecule has 0 saturated carbocycles. The highest BCUT2D eigenvalue weighted by atomic mass is 32.2. The van der Waals surface area contributed by atoms with E-state index in [-0.39, 0.29) is 0 Å². The van der Waals surface area contributed by atoms with E-state index < -0.39 is 0 Å². The molecule has 0 bridgehead atoms. The van der Waals surface area contributed by atoms with Crippen LogP contribution in [0.4, 0.5) is 0 Å². The molecule has 2 aromatic heterocycles. The third-order valence-corrected chi connectivity index (χ3v) is 3.16. The fourth-order valence-corrected chi connectivity index (χ4v) is 2.10. The zero-order valence-electron chi connectivity index (χ0n) is 9.71.